The number of nitrogens with zero attached hydrogens (tertiary/aromatic N) is 2. The molecule has 4 heteroatoms. The topological polar surface area (TPSA) is 45.2 Å². The van der Waals surface area contributed by atoms with Crippen LogP contribution >= 0.6 is 0 Å². The van der Waals surface area contributed by atoms with Gasteiger partial charge in [0, 0.05) is 35.5 Å². The van der Waals surface area contributed by atoms with E-state index in [1.807, 2.05) is 49.4 Å². The fourth-order valence-electron chi connectivity index (χ4n) is 3.60. The van der Waals surface area contributed by atoms with E-state index in [1.165, 1.54) is 24.9 Å². The quantitative estimate of drug-likeness (QED) is 0.742. The number of fused-ring (bicyclic) bond motifs is 1. The number of carbonyl (C=O) groups is 1. The van der Waals surface area contributed by atoms with Gasteiger partial charge in [-0.1, -0.05) is 18.2 Å². The van der Waals surface area contributed by atoms with Crippen molar-refractivity contribution in [2.24, 2.45) is 0 Å². The summed E-state index contributed by atoms with van der Waals surface area (Å²) in [5, 5.41) is 3.90. The van der Waals surface area contributed by atoms with Gasteiger partial charge < -0.3 is 10.2 Å². The predicted molar refractivity (Wildman–Crippen MR) is 107 cm³/mol. The molecule has 1 N–H and O–H groups in total. The molecule has 1 aliphatic heterocycles. The van der Waals surface area contributed by atoms with Gasteiger partial charge in [0.2, 0.25) is 0 Å². The number of piperidine rings is 1. The van der Waals surface area contributed by atoms with Crippen LogP contribution in [-0.4, -0.2) is 24.0 Å². The minimum atomic E-state index is -0.0996. The number of hydrogen-bond donors (Lipinski definition) is 1. The first-order valence-electron chi connectivity index (χ1n) is 9.23. The molecule has 0 radical (unpaired) electrons. The third-order valence-corrected chi connectivity index (χ3v) is 4.94. The summed E-state index contributed by atoms with van der Waals surface area (Å²) < 4.78 is 0. The van der Waals surface area contributed by atoms with Gasteiger partial charge in [0.15, 0.2) is 0 Å². The van der Waals surface area contributed by atoms with Crippen LogP contribution in [0.15, 0.2) is 54.6 Å². The Morgan fingerprint density at radius 2 is 1.73 bits per heavy atom. The van der Waals surface area contributed by atoms with Crippen molar-refractivity contribution < 1.29 is 4.79 Å². The molecule has 0 saturated carbocycles. The highest BCUT2D eigenvalue weighted by Crippen LogP contribution is 2.23. The van der Waals surface area contributed by atoms with Crippen LogP contribution in [0.4, 0.5) is 11.4 Å². The first-order valence-corrected chi connectivity index (χ1v) is 9.23. The van der Waals surface area contributed by atoms with Crippen molar-refractivity contribution in [1.29, 1.82) is 0 Å². The van der Waals surface area contributed by atoms with Crippen LogP contribution in [0.1, 0.15) is 35.3 Å². The lowest BCUT2D eigenvalue weighted by atomic mass is 10.1. The number of carbonyl (C=O) groups excluding carboxylic acids is 1. The van der Waals surface area contributed by atoms with Gasteiger partial charge in [0.05, 0.1) is 11.1 Å². The molecule has 3 aromatic rings. The van der Waals surface area contributed by atoms with E-state index in [2.05, 4.69) is 27.3 Å². The van der Waals surface area contributed by atoms with E-state index >= 15 is 0 Å². The van der Waals surface area contributed by atoms with Gasteiger partial charge in [-0.05, 0) is 62.6 Å². The van der Waals surface area contributed by atoms with Crippen LogP contribution in [0, 0.1) is 6.92 Å². The fourth-order valence-corrected chi connectivity index (χ4v) is 3.60. The molecule has 0 unspecified atom stereocenters. The van der Waals surface area contributed by atoms with Crippen molar-refractivity contribution in [3.05, 3.63) is 65.9 Å². The molecule has 0 atom stereocenters. The van der Waals surface area contributed by atoms with Crippen molar-refractivity contribution in [3.63, 3.8) is 0 Å². The normalized spacial score (nSPS) is 14.4. The molecule has 4 rings (SSSR count). The zero-order valence-electron chi connectivity index (χ0n) is 15.0. The van der Waals surface area contributed by atoms with E-state index in [0.717, 1.165) is 35.4 Å². The van der Waals surface area contributed by atoms with Crippen molar-refractivity contribution in [1.82, 2.24) is 4.98 Å². The number of rotatable bonds is 3. The zero-order chi connectivity index (χ0) is 17.9. The summed E-state index contributed by atoms with van der Waals surface area (Å²) in [4.78, 5) is 19.7. The largest absolute Gasteiger partial charge is 0.372 e. The minimum absolute atomic E-state index is 0.0996. The minimum Gasteiger partial charge on any atom is -0.372 e. The third kappa shape index (κ3) is 3.40. The maximum absolute atomic E-state index is 12.8. The molecule has 1 aromatic heterocycles. The molecule has 0 bridgehead atoms. The number of para-hydroxylation sites is 1. The summed E-state index contributed by atoms with van der Waals surface area (Å²) in [6, 6.07) is 17.8. The molecule has 1 saturated heterocycles. The first kappa shape index (κ1) is 16.6. The van der Waals surface area contributed by atoms with Gasteiger partial charge >= 0.3 is 0 Å². The Kier molecular flexibility index (Phi) is 4.57. The molecule has 0 spiro atoms. The van der Waals surface area contributed by atoms with Crippen LogP contribution in [0.5, 0.6) is 0 Å². The van der Waals surface area contributed by atoms with E-state index in [-0.39, 0.29) is 5.91 Å². The van der Waals surface area contributed by atoms with Crippen molar-refractivity contribution in [2.45, 2.75) is 26.2 Å². The lowest BCUT2D eigenvalue weighted by molar-refractivity contribution is 0.102. The first-order chi connectivity index (χ1) is 12.7. The van der Waals surface area contributed by atoms with Gasteiger partial charge in [-0.2, -0.15) is 0 Å². The lowest BCUT2D eigenvalue weighted by Crippen LogP contribution is -2.29. The summed E-state index contributed by atoms with van der Waals surface area (Å²) in [5.41, 5.74) is 4.39. The Bertz CT molecular complexity index is 928. The van der Waals surface area contributed by atoms with E-state index in [1.54, 1.807) is 0 Å². The average molecular weight is 345 g/mol. The molecule has 2 heterocycles. The van der Waals surface area contributed by atoms with E-state index < -0.39 is 0 Å². The molecular formula is C22H23N3O. The number of aromatic nitrogens is 1. The molecular weight excluding hydrogens is 322 g/mol. The summed E-state index contributed by atoms with van der Waals surface area (Å²) in [5.74, 6) is -0.0996. The van der Waals surface area contributed by atoms with Gasteiger partial charge in [-0.15, -0.1) is 0 Å². The standard InChI is InChI=1S/C22H23N3O/c1-16-15-20(19-7-3-4-8-21(19)23-16)22(26)24-17-9-11-18(12-10-17)25-13-5-2-6-14-25/h3-4,7-12,15H,2,5-6,13-14H2,1H3,(H,24,26). The number of aryl methyl sites for hydroxylation is 1. The number of amides is 1. The molecule has 1 aliphatic rings. The highest BCUT2D eigenvalue weighted by molar-refractivity contribution is 6.12. The van der Waals surface area contributed by atoms with Crippen LogP contribution in [0.3, 0.4) is 0 Å². The Labute approximate surface area is 153 Å². The zero-order valence-corrected chi connectivity index (χ0v) is 15.0. The van der Waals surface area contributed by atoms with Gasteiger partial charge in [0.1, 0.15) is 0 Å². The average Bonchev–Trinajstić information content (AvgIpc) is 2.68. The second kappa shape index (κ2) is 7.16. The molecule has 132 valence electrons. The van der Waals surface area contributed by atoms with Gasteiger partial charge in [0.25, 0.3) is 5.91 Å². The number of pyridine rings is 1. The summed E-state index contributed by atoms with van der Waals surface area (Å²) >= 11 is 0. The van der Waals surface area contributed by atoms with E-state index in [9.17, 15) is 4.79 Å². The second-order valence-corrected chi connectivity index (χ2v) is 6.88. The number of anilines is 2. The Balaban J connectivity index is 1.55. The second-order valence-electron chi connectivity index (χ2n) is 6.88. The summed E-state index contributed by atoms with van der Waals surface area (Å²) in [6.07, 6.45) is 3.84. The maximum Gasteiger partial charge on any atom is 0.256 e. The van der Waals surface area contributed by atoms with Crippen LogP contribution in [0.2, 0.25) is 0 Å². The molecule has 4 nitrogen and oxygen atoms in total. The molecule has 0 aliphatic carbocycles. The van der Waals surface area contributed by atoms with E-state index in [4.69, 9.17) is 0 Å². The number of benzene rings is 2. The van der Waals surface area contributed by atoms with Gasteiger partial charge in [-0.25, -0.2) is 0 Å². The number of hydrogen-bond acceptors (Lipinski definition) is 3. The van der Waals surface area contributed by atoms with Gasteiger partial charge in [-0.3, -0.25) is 9.78 Å². The Morgan fingerprint density at radius 3 is 2.50 bits per heavy atom. The molecule has 1 fully saturated rings. The molecule has 2 aromatic carbocycles. The molecule has 26 heavy (non-hydrogen) atoms. The van der Waals surface area contributed by atoms with Crippen molar-refractivity contribution in [2.75, 3.05) is 23.3 Å². The maximum atomic E-state index is 12.8. The van der Waals surface area contributed by atoms with Crippen molar-refractivity contribution >= 4 is 28.2 Å². The highest BCUT2D eigenvalue weighted by Gasteiger charge is 2.13. The monoisotopic (exact) mass is 345 g/mol. The third-order valence-electron chi connectivity index (χ3n) is 4.94. The SMILES string of the molecule is Cc1cc(C(=O)Nc2ccc(N3CCCCC3)cc2)c2ccccc2n1. The highest BCUT2D eigenvalue weighted by atomic mass is 16.1. The van der Waals surface area contributed by atoms with Crippen LogP contribution in [0.25, 0.3) is 10.9 Å². The summed E-state index contributed by atoms with van der Waals surface area (Å²) in [6.45, 7) is 4.15. The Hall–Kier alpha value is -2.88. The van der Waals surface area contributed by atoms with Crippen molar-refractivity contribution in [3.8, 4) is 0 Å². The van der Waals surface area contributed by atoms with E-state index in [0.29, 0.717) is 5.56 Å². The van der Waals surface area contributed by atoms with Crippen LogP contribution in [-0.2, 0) is 0 Å². The fraction of sp³-hybridized carbons (Fsp3) is 0.273. The summed E-state index contributed by atoms with van der Waals surface area (Å²) in [7, 11) is 0. The smallest absolute Gasteiger partial charge is 0.256 e. The number of nitrogens with one attached hydrogen (secondary N) is 1. The molecule has 1 amide bonds. The Morgan fingerprint density at radius 1 is 1.00 bits per heavy atom. The van der Waals surface area contributed by atoms with Crippen LogP contribution < -0.4 is 10.2 Å². The predicted octanol–water partition coefficient (Wildman–Crippen LogP) is 4.79. The lowest BCUT2D eigenvalue weighted by Gasteiger charge is -2.28.